The van der Waals surface area contributed by atoms with Crippen LogP contribution < -0.4 is 10.2 Å². The van der Waals surface area contributed by atoms with Gasteiger partial charge >= 0.3 is 6.03 Å². The number of carbonyl (C=O) groups is 3. The number of aryl methyl sites for hydroxylation is 2. The first-order chi connectivity index (χ1) is 15.2. The Morgan fingerprint density at radius 2 is 1.62 bits per heavy atom. The molecule has 0 aromatic heterocycles. The largest absolute Gasteiger partial charge is 0.368 e. The second-order valence-corrected chi connectivity index (χ2v) is 8.90. The molecular formula is C25H30N4O3. The second-order valence-electron chi connectivity index (χ2n) is 8.90. The first kappa shape index (κ1) is 21.9. The van der Waals surface area contributed by atoms with E-state index in [1.807, 2.05) is 31.2 Å². The molecule has 2 aliphatic rings. The SMILES string of the molecule is Cc1ccc(C2(C)NC(=O)N(CC(=O)N3CCN(c4cccc(C)c4C)CC3)C2=O)cc1. The van der Waals surface area contributed by atoms with Crippen molar-refractivity contribution in [2.75, 3.05) is 37.6 Å². The van der Waals surface area contributed by atoms with Crippen LogP contribution >= 0.6 is 0 Å². The molecule has 0 radical (unpaired) electrons. The summed E-state index contributed by atoms with van der Waals surface area (Å²) in [7, 11) is 0. The number of carbonyl (C=O) groups excluding carboxylic acids is 3. The molecule has 0 spiro atoms. The van der Waals surface area contributed by atoms with Gasteiger partial charge in [0.2, 0.25) is 5.91 Å². The number of benzene rings is 2. The smallest absolute Gasteiger partial charge is 0.325 e. The van der Waals surface area contributed by atoms with Crippen LogP contribution in [0.1, 0.15) is 29.2 Å². The third kappa shape index (κ3) is 3.83. The molecule has 2 fully saturated rings. The molecule has 4 rings (SSSR count). The Hall–Kier alpha value is -3.35. The van der Waals surface area contributed by atoms with E-state index < -0.39 is 17.5 Å². The Bertz CT molecular complexity index is 1060. The Labute approximate surface area is 189 Å². The standard InChI is InChI=1S/C25H30N4O3/c1-17-8-10-20(11-9-17)25(4)23(31)29(24(32)26-25)16-22(30)28-14-12-27(13-15-28)21-7-5-6-18(2)19(21)3/h5-11H,12-16H2,1-4H3,(H,26,32). The molecule has 4 amide bonds. The maximum atomic E-state index is 13.1. The number of nitrogens with one attached hydrogen (secondary N) is 1. The fourth-order valence-corrected chi connectivity index (χ4v) is 4.43. The van der Waals surface area contributed by atoms with Crippen molar-refractivity contribution >= 4 is 23.5 Å². The summed E-state index contributed by atoms with van der Waals surface area (Å²) < 4.78 is 0. The van der Waals surface area contributed by atoms with E-state index in [1.165, 1.54) is 16.8 Å². The van der Waals surface area contributed by atoms with E-state index in [0.717, 1.165) is 23.6 Å². The van der Waals surface area contributed by atoms with E-state index in [2.05, 4.69) is 42.3 Å². The van der Waals surface area contributed by atoms with Crippen LogP contribution in [0.5, 0.6) is 0 Å². The highest BCUT2D eigenvalue weighted by atomic mass is 16.2. The van der Waals surface area contributed by atoms with Crippen molar-refractivity contribution in [2.45, 2.75) is 33.2 Å². The number of piperazine rings is 1. The predicted molar refractivity (Wildman–Crippen MR) is 123 cm³/mol. The van der Waals surface area contributed by atoms with Crippen molar-refractivity contribution in [1.29, 1.82) is 0 Å². The lowest BCUT2D eigenvalue weighted by Crippen LogP contribution is -2.52. The van der Waals surface area contributed by atoms with Crippen LogP contribution in [0, 0.1) is 20.8 Å². The number of rotatable bonds is 4. The van der Waals surface area contributed by atoms with Crippen LogP contribution in [0.15, 0.2) is 42.5 Å². The molecule has 0 aliphatic carbocycles. The molecule has 168 valence electrons. The molecule has 2 aromatic carbocycles. The number of hydrogen-bond acceptors (Lipinski definition) is 4. The van der Waals surface area contributed by atoms with Crippen molar-refractivity contribution in [3.05, 3.63) is 64.7 Å². The van der Waals surface area contributed by atoms with E-state index in [-0.39, 0.29) is 12.5 Å². The third-order valence-electron chi connectivity index (χ3n) is 6.75. The molecule has 2 aliphatic heterocycles. The number of nitrogens with zero attached hydrogens (tertiary/aromatic N) is 3. The average molecular weight is 435 g/mol. The van der Waals surface area contributed by atoms with Crippen molar-refractivity contribution < 1.29 is 14.4 Å². The quantitative estimate of drug-likeness (QED) is 0.751. The first-order valence-electron chi connectivity index (χ1n) is 11.0. The molecule has 32 heavy (non-hydrogen) atoms. The van der Waals surface area contributed by atoms with Crippen LogP contribution in [0.25, 0.3) is 0 Å². The molecule has 0 saturated carbocycles. The maximum absolute atomic E-state index is 13.1. The van der Waals surface area contributed by atoms with Gasteiger partial charge in [0, 0.05) is 31.9 Å². The van der Waals surface area contributed by atoms with Gasteiger partial charge in [0.05, 0.1) is 0 Å². The van der Waals surface area contributed by atoms with Gasteiger partial charge in [-0.05, 0) is 50.5 Å². The van der Waals surface area contributed by atoms with Crippen molar-refractivity contribution in [2.24, 2.45) is 0 Å². The van der Waals surface area contributed by atoms with Crippen molar-refractivity contribution in [3.63, 3.8) is 0 Å². The monoisotopic (exact) mass is 434 g/mol. The summed E-state index contributed by atoms with van der Waals surface area (Å²) in [5.74, 6) is -0.601. The van der Waals surface area contributed by atoms with Gasteiger partial charge in [-0.1, -0.05) is 42.0 Å². The molecule has 2 saturated heterocycles. The minimum atomic E-state index is -1.16. The van der Waals surface area contributed by atoms with Gasteiger partial charge in [-0.2, -0.15) is 0 Å². The van der Waals surface area contributed by atoms with Crippen LogP contribution in [-0.4, -0.2) is 60.4 Å². The zero-order valence-corrected chi connectivity index (χ0v) is 19.1. The summed E-state index contributed by atoms with van der Waals surface area (Å²) in [6, 6.07) is 13.2. The molecule has 7 nitrogen and oxygen atoms in total. The van der Waals surface area contributed by atoms with Crippen LogP contribution in [0.2, 0.25) is 0 Å². The predicted octanol–water partition coefficient (Wildman–Crippen LogP) is 2.73. The summed E-state index contributed by atoms with van der Waals surface area (Å²) in [5.41, 5.74) is 4.31. The van der Waals surface area contributed by atoms with Gasteiger partial charge < -0.3 is 15.1 Å². The third-order valence-corrected chi connectivity index (χ3v) is 6.75. The molecule has 0 bridgehead atoms. The van der Waals surface area contributed by atoms with E-state index in [1.54, 1.807) is 11.8 Å². The number of hydrogen-bond donors (Lipinski definition) is 1. The maximum Gasteiger partial charge on any atom is 0.325 e. The number of amides is 4. The molecule has 7 heteroatoms. The lowest BCUT2D eigenvalue weighted by atomic mass is 9.91. The van der Waals surface area contributed by atoms with Gasteiger partial charge in [-0.3, -0.25) is 14.5 Å². The van der Waals surface area contributed by atoms with Crippen LogP contribution in [-0.2, 0) is 15.1 Å². The zero-order valence-electron chi connectivity index (χ0n) is 19.1. The highest BCUT2D eigenvalue weighted by Crippen LogP contribution is 2.29. The zero-order chi connectivity index (χ0) is 23.0. The lowest BCUT2D eigenvalue weighted by molar-refractivity contribution is -0.139. The summed E-state index contributed by atoms with van der Waals surface area (Å²) in [6.07, 6.45) is 0. The fraction of sp³-hybridized carbons (Fsp3) is 0.400. The van der Waals surface area contributed by atoms with Crippen molar-refractivity contribution in [3.8, 4) is 0 Å². The highest BCUT2D eigenvalue weighted by molar-refractivity contribution is 6.09. The minimum absolute atomic E-state index is 0.206. The summed E-state index contributed by atoms with van der Waals surface area (Å²) in [6.45, 7) is 10.2. The summed E-state index contributed by atoms with van der Waals surface area (Å²) in [4.78, 5) is 43.7. The normalized spacial score (nSPS) is 21.2. The topological polar surface area (TPSA) is 73.0 Å². The van der Waals surface area contributed by atoms with Gasteiger partial charge in [0.25, 0.3) is 5.91 Å². The average Bonchev–Trinajstić information content (AvgIpc) is 3.00. The first-order valence-corrected chi connectivity index (χ1v) is 11.0. The van der Waals surface area contributed by atoms with Crippen molar-refractivity contribution in [1.82, 2.24) is 15.1 Å². The molecular weight excluding hydrogens is 404 g/mol. The fourth-order valence-electron chi connectivity index (χ4n) is 4.43. The highest BCUT2D eigenvalue weighted by Gasteiger charge is 2.49. The molecule has 2 heterocycles. The van der Waals surface area contributed by atoms with E-state index in [0.29, 0.717) is 18.7 Å². The summed E-state index contributed by atoms with van der Waals surface area (Å²) in [5, 5.41) is 2.77. The van der Waals surface area contributed by atoms with Crippen LogP contribution in [0.3, 0.4) is 0 Å². The second kappa shape index (κ2) is 8.30. The molecule has 1 atom stereocenters. The molecule has 2 aromatic rings. The number of anilines is 1. The lowest BCUT2D eigenvalue weighted by Gasteiger charge is -2.37. The molecule has 1 unspecified atom stereocenters. The van der Waals surface area contributed by atoms with Gasteiger partial charge in [0.15, 0.2) is 0 Å². The Morgan fingerprint density at radius 3 is 2.28 bits per heavy atom. The Kier molecular flexibility index (Phi) is 5.67. The van der Waals surface area contributed by atoms with E-state index >= 15 is 0 Å². The van der Waals surface area contributed by atoms with Gasteiger partial charge in [-0.25, -0.2) is 4.79 Å². The van der Waals surface area contributed by atoms with Gasteiger partial charge in [0.1, 0.15) is 12.1 Å². The molecule has 1 N–H and O–H groups in total. The van der Waals surface area contributed by atoms with Crippen LogP contribution in [0.4, 0.5) is 10.5 Å². The Morgan fingerprint density at radius 1 is 0.969 bits per heavy atom. The number of urea groups is 1. The van der Waals surface area contributed by atoms with E-state index in [9.17, 15) is 14.4 Å². The number of imide groups is 1. The Balaban J connectivity index is 1.40. The van der Waals surface area contributed by atoms with E-state index in [4.69, 9.17) is 0 Å². The van der Waals surface area contributed by atoms with Gasteiger partial charge in [-0.15, -0.1) is 0 Å². The summed E-state index contributed by atoms with van der Waals surface area (Å²) >= 11 is 0. The minimum Gasteiger partial charge on any atom is -0.368 e.